The topological polar surface area (TPSA) is 228 Å². The van der Waals surface area contributed by atoms with E-state index in [0.717, 1.165) is 38.7 Å². The number of aliphatic carboxylic acids is 1. The fraction of sp³-hybridized carbons (Fsp3) is 0.460. The quantitative estimate of drug-likeness (QED) is 0.109. The zero-order valence-corrected chi connectivity index (χ0v) is 38.0. The Labute approximate surface area is 380 Å². The number of hydrogen-bond donors (Lipinski definition) is 8. The normalized spacial score (nSPS) is 23.8. The van der Waals surface area contributed by atoms with Crippen molar-refractivity contribution in [1.82, 2.24) is 36.9 Å². The summed E-state index contributed by atoms with van der Waals surface area (Å²) in [6.45, 7) is 10.9. The molecule has 1 aliphatic heterocycles. The third-order valence-electron chi connectivity index (χ3n) is 13.0. The number of aromatic nitrogens is 1. The number of nitrogens with one attached hydrogen (secondary N) is 7. The molecule has 4 aromatic rings. The maximum atomic E-state index is 15.3. The molecule has 65 heavy (non-hydrogen) atoms. The van der Waals surface area contributed by atoms with Gasteiger partial charge in [0.2, 0.25) is 35.4 Å². The first-order valence-corrected chi connectivity index (χ1v) is 22.8. The molecule has 1 fully saturated rings. The number of fused-ring (bicyclic) bond motifs is 3. The van der Waals surface area contributed by atoms with Gasteiger partial charge in [-0.15, -0.1) is 0 Å². The zero-order valence-electron chi connectivity index (χ0n) is 38.0. The van der Waals surface area contributed by atoms with Crippen molar-refractivity contribution in [3.05, 3.63) is 107 Å². The summed E-state index contributed by atoms with van der Waals surface area (Å²) in [5, 5.41) is 27.8. The van der Waals surface area contributed by atoms with Crippen molar-refractivity contribution in [2.75, 3.05) is 0 Å². The molecule has 346 valence electrons. The summed E-state index contributed by atoms with van der Waals surface area (Å²) in [5.74, 6) is -7.71. The minimum Gasteiger partial charge on any atom is -0.481 e. The predicted molar refractivity (Wildman–Crippen MR) is 246 cm³/mol. The highest BCUT2D eigenvalue weighted by molar-refractivity contribution is 6.00. The van der Waals surface area contributed by atoms with Gasteiger partial charge in [0.05, 0.1) is 6.42 Å². The van der Waals surface area contributed by atoms with Gasteiger partial charge in [0, 0.05) is 29.4 Å². The molecule has 2 aliphatic rings. The third kappa shape index (κ3) is 11.4. The number of aryl methyl sites for hydroxylation is 2. The molecule has 0 spiro atoms. The van der Waals surface area contributed by atoms with Crippen molar-refractivity contribution >= 4 is 52.3 Å². The summed E-state index contributed by atoms with van der Waals surface area (Å²) >= 11 is 0. The molecule has 15 nitrogen and oxygen atoms in total. The molecule has 2 heterocycles. The molecule has 3 aromatic carbocycles. The fourth-order valence-electron chi connectivity index (χ4n) is 8.99. The first-order chi connectivity index (χ1) is 31.1. The van der Waals surface area contributed by atoms with E-state index in [-0.39, 0.29) is 18.8 Å². The van der Waals surface area contributed by atoms with Crippen LogP contribution in [0, 0.1) is 17.8 Å². The van der Waals surface area contributed by atoms with Crippen LogP contribution in [0.3, 0.4) is 0 Å². The number of hydrogen-bond acceptors (Lipinski definition) is 7. The number of benzene rings is 3. The second-order valence-electron chi connectivity index (χ2n) is 18.1. The van der Waals surface area contributed by atoms with Crippen LogP contribution in [0.15, 0.2) is 79.0 Å². The van der Waals surface area contributed by atoms with E-state index in [1.165, 1.54) is 0 Å². The number of aromatic amines is 1. The smallest absolute Gasteiger partial charge is 0.305 e. The molecule has 8 N–H and O–H groups in total. The summed E-state index contributed by atoms with van der Waals surface area (Å²) in [5.41, 5.74) is 5.09. The molecule has 0 bridgehead atoms. The number of carbonyl (C=O) groups is 7. The first kappa shape index (κ1) is 48.0. The number of amides is 6. The van der Waals surface area contributed by atoms with Crippen LogP contribution in [0.4, 0.5) is 0 Å². The molecule has 0 unspecified atom stereocenters. The molecule has 6 amide bonds. The molecular formula is C50H63N7O8. The van der Waals surface area contributed by atoms with Crippen LogP contribution >= 0.6 is 0 Å². The predicted octanol–water partition coefficient (Wildman–Crippen LogP) is 4.18. The van der Waals surface area contributed by atoms with Crippen molar-refractivity contribution in [1.29, 1.82) is 0 Å². The Kier molecular flexibility index (Phi) is 15.8. The number of rotatable bonds is 11. The van der Waals surface area contributed by atoms with E-state index in [2.05, 4.69) is 36.9 Å². The molecule has 0 saturated carbocycles. The average molecular weight is 890 g/mol. The standard InChI is InChI=1S/C50H63N7O8/c1-7-28(5)42-48(63)54-38(24-32-26-51-36-20-14-13-17-33(32)36)46(61)57-44(41-34-18-11-9-15-30(34)21-22-31-16-10-12-19-35(31)41)50(65)53-37(23-27(3)4)45(60)52-39(25-40(58)59)47(62)55-43(29(6)8-2)49(64)56-42/h9-20,26-29,37-39,41-44,51H,7-8,21-25H2,1-6H3,(H,52,60)(H,53,65)(H,54,63)(H,55,62)(H,56,64)(H,57,61)(H,58,59)/t28-,29-,37-,38-,39-,42-,43-,44+/m0/s1. The highest BCUT2D eigenvalue weighted by Crippen LogP contribution is 2.37. The van der Waals surface area contributed by atoms with E-state index in [4.69, 9.17) is 0 Å². The maximum absolute atomic E-state index is 15.3. The Balaban J connectivity index is 1.53. The largest absolute Gasteiger partial charge is 0.481 e. The molecule has 0 radical (unpaired) electrons. The number of carboxylic acid groups (broad SMARTS) is 1. The number of H-pyrrole nitrogens is 1. The van der Waals surface area contributed by atoms with Gasteiger partial charge in [-0.25, -0.2) is 0 Å². The van der Waals surface area contributed by atoms with Crippen LogP contribution in [0.2, 0.25) is 0 Å². The van der Waals surface area contributed by atoms with Crippen LogP contribution in [0.1, 0.15) is 101 Å². The lowest BCUT2D eigenvalue weighted by atomic mass is 9.81. The van der Waals surface area contributed by atoms with Crippen molar-refractivity contribution in [2.24, 2.45) is 17.8 Å². The Bertz CT molecular complexity index is 2350. The minimum atomic E-state index is -1.64. The number of carbonyl (C=O) groups excluding carboxylic acids is 6. The summed E-state index contributed by atoms with van der Waals surface area (Å²) in [4.78, 5) is 103. The van der Waals surface area contributed by atoms with Crippen LogP contribution in [-0.2, 0) is 52.8 Å². The monoisotopic (exact) mass is 889 g/mol. The average Bonchev–Trinajstić information content (AvgIpc) is 3.61. The lowest BCUT2D eigenvalue weighted by Crippen LogP contribution is -2.63. The fourth-order valence-corrected chi connectivity index (χ4v) is 8.99. The Morgan fingerprint density at radius 1 is 0.600 bits per heavy atom. The third-order valence-corrected chi connectivity index (χ3v) is 13.0. The van der Waals surface area contributed by atoms with Crippen molar-refractivity contribution < 1.29 is 38.7 Å². The second-order valence-corrected chi connectivity index (χ2v) is 18.1. The van der Waals surface area contributed by atoms with Gasteiger partial charge in [-0.1, -0.05) is 121 Å². The molecule has 6 rings (SSSR count). The summed E-state index contributed by atoms with van der Waals surface area (Å²) in [6.07, 6.45) is 3.24. The van der Waals surface area contributed by atoms with Gasteiger partial charge in [-0.3, -0.25) is 33.6 Å². The van der Waals surface area contributed by atoms with Gasteiger partial charge in [-0.05, 0) is 70.9 Å². The van der Waals surface area contributed by atoms with Crippen LogP contribution in [0.5, 0.6) is 0 Å². The van der Waals surface area contributed by atoms with E-state index < -0.39 is 102 Å². The van der Waals surface area contributed by atoms with Crippen molar-refractivity contribution in [3.63, 3.8) is 0 Å². The van der Waals surface area contributed by atoms with Crippen LogP contribution in [-0.4, -0.2) is 87.8 Å². The van der Waals surface area contributed by atoms with E-state index in [1.807, 2.05) is 100 Å². The maximum Gasteiger partial charge on any atom is 0.305 e. The molecule has 1 saturated heterocycles. The molecule has 1 aromatic heterocycles. The van der Waals surface area contributed by atoms with Gasteiger partial charge in [0.1, 0.15) is 36.3 Å². The Morgan fingerprint density at radius 2 is 1.09 bits per heavy atom. The van der Waals surface area contributed by atoms with Gasteiger partial charge >= 0.3 is 5.97 Å². The SMILES string of the molecule is CC[C@H](C)[C@@H]1NC(=O)[C@H](CC(=O)O)NC(=O)[C@H](CC(C)C)NC(=O)[C@@H](C2c3ccccc3CCc3ccccc32)NC(=O)[C@H](Cc2c[nH]c3ccccc23)NC(=O)[C@H]([C@@H](C)CC)NC1=O. The van der Waals surface area contributed by atoms with E-state index >= 15 is 9.59 Å². The van der Waals surface area contributed by atoms with Crippen molar-refractivity contribution in [3.8, 4) is 0 Å². The molecular weight excluding hydrogens is 827 g/mol. The molecule has 1 aliphatic carbocycles. The number of carboxylic acids is 1. The summed E-state index contributed by atoms with van der Waals surface area (Å²) < 4.78 is 0. The highest BCUT2D eigenvalue weighted by Gasteiger charge is 2.41. The van der Waals surface area contributed by atoms with E-state index in [9.17, 15) is 29.1 Å². The summed E-state index contributed by atoms with van der Waals surface area (Å²) in [7, 11) is 0. The molecule has 15 heteroatoms. The minimum absolute atomic E-state index is 0.00381. The van der Waals surface area contributed by atoms with Gasteiger partial charge in [0.15, 0.2) is 0 Å². The first-order valence-electron chi connectivity index (χ1n) is 22.8. The van der Waals surface area contributed by atoms with E-state index in [1.54, 1.807) is 20.0 Å². The van der Waals surface area contributed by atoms with E-state index in [0.29, 0.717) is 25.7 Å². The van der Waals surface area contributed by atoms with Gasteiger partial charge in [0.25, 0.3) is 0 Å². The van der Waals surface area contributed by atoms with Crippen LogP contribution in [0.25, 0.3) is 10.9 Å². The lowest BCUT2D eigenvalue weighted by molar-refractivity contribution is -0.142. The molecule has 8 atom stereocenters. The van der Waals surface area contributed by atoms with Gasteiger partial charge in [-0.2, -0.15) is 0 Å². The Hall–Kier alpha value is -6.51. The van der Waals surface area contributed by atoms with Gasteiger partial charge < -0.3 is 42.0 Å². The highest BCUT2D eigenvalue weighted by atomic mass is 16.4. The van der Waals surface area contributed by atoms with Crippen LogP contribution < -0.4 is 31.9 Å². The number of para-hydroxylation sites is 1. The lowest BCUT2D eigenvalue weighted by Gasteiger charge is -2.34. The zero-order chi connectivity index (χ0) is 46.9. The summed E-state index contributed by atoms with van der Waals surface area (Å²) in [6, 6.07) is 15.0. The van der Waals surface area contributed by atoms with Crippen molar-refractivity contribution in [2.45, 2.75) is 129 Å². The Morgan fingerprint density at radius 3 is 1.68 bits per heavy atom. The second kappa shape index (κ2) is 21.4.